The highest BCUT2D eigenvalue weighted by molar-refractivity contribution is 6.42. The van der Waals surface area contributed by atoms with Crippen LogP contribution in [0.3, 0.4) is 0 Å². The van der Waals surface area contributed by atoms with Crippen molar-refractivity contribution in [3.63, 3.8) is 0 Å². The second-order valence-corrected chi connectivity index (χ2v) is 5.58. The van der Waals surface area contributed by atoms with Gasteiger partial charge in [-0.3, -0.25) is 9.59 Å². The van der Waals surface area contributed by atoms with Gasteiger partial charge in [0.2, 0.25) is 5.91 Å². The molecule has 2 N–H and O–H groups in total. The van der Waals surface area contributed by atoms with E-state index in [2.05, 4.69) is 5.32 Å². The Bertz CT molecular complexity index is 521. The van der Waals surface area contributed by atoms with Crippen LogP contribution in [0, 0.1) is 0 Å². The maximum atomic E-state index is 11.9. The SMILES string of the molecule is CC(O)CCN(C)C(=O)CNC(=O)c1ccc(Cl)c(Cl)c1. The largest absolute Gasteiger partial charge is 0.393 e. The monoisotopic (exact) mass is 332 g/mol. The highest BCUT2D eigenvalue weighted by Crippen LogP contribution is 2.22. The zero-order chi connectivity index (χ0) is 16.0. The van der Waals surface area contributed by atoms with Gasteiger partial charge in [-0.25, -0.2) is 0 Å². The van der Waals surface area contributed by atoms with Gasteiger partial charge in [0.05, 0.1) is 22.7 Å². The van der Waals surface area contributed by atoms with E-state index in [0.717, 1.165) is 0 Å². The maximum absolute atomic E-state index is 11.9. The Hall–Kier alpha value is -1.30. The number of amides is 2. The third-order valence-corrected chi connectivity index (χ3v) is 3.63. The molecule has 0 fully saturated rings. The van der Waals surface area contributed by atoms with Gasteiger partial charge < -0.3 is 15.3 Å². The first-order valence-electron chi connectivity index (χ1n) is 6.46. The van der Waals surface area contributed by atoms with Crippen molar-refractivity contribution in [1.29, 1.82) is 0 Å². The van der Waals surface area contributed by atoms with Gasteiger partial charge in [-0.2, -0.15) is 0 Å². The number of rotatable bonds is 6. The van der Waals surface area contributed by atoms with Crippen LogP contribution >= 0.6 is 23.2 Å². The standard InChI is InChI=1S/C14H18Cl2N2O3/c1-9(19)5-6-18(2)13(20)8-17-14(21)10-3-4-11(15)12(16)7-10/h3-4,7,9,19H,5-6,8H2,1-2H3,(H,17,21). The number of hydrogen-bond donors (Lipinski definition) is 2. The predicted octanol–water partition coefficient (Wildman–Crippen LogP) is 1.95. The van der Waals surface area contributed by atoms with Crippen molar-refractivity contribution in [1.82, 2.24) is 10.2 Å². The zero-order valence-electron chi connectivity index (χ0n) is 11.9. The summed E-state index contributed by atoms with van der Waals surface area (Å²) >= 11 is 11.6. The summed E-state index contributed by atoms with van der Waals surface area (Å²) in [6.07, 6.45) is 0.0224. The molecule has 0 spiro atoms. The quantitative estimate of drug-likeness (QED) is 0.836. The van der Waals surface area contributed by atoms with Gasteiger partial charge in [0, 0.05) is 19.2 Å². The maximum Gasteiger partial charge on any atom is 0.251 e. The molecule has 7 heteroatoms. The van der Waals surface area contributed by atoms with Gasteiger partial charge in [0.15, 0.2) is 0 Å². The summed E-state index contributed by atoms with van der Waals surface area (Å²) in [4.78, 5) is 25.1. The number of nitrogens with zero attached hydrogens (tertiary/aromatic N) is 1. The molecule has 1 rings (SSSR count). The number of carbonyl (C=O) groups excluding carboxylic acids is 2. The number of aliphatic hydroxyl groups excluding tert-OH is 1. The summed E-state index contributed by atoms with van der Waals surface area (Å²) in [5.74, 6) is -0.630. The lowest BCUT2D eigenvalue weighted by Gasteiger charge is -2.18. The average Bonchev–Trinajstić information content (AvgIpc) is 2.44. The molecule has 0 aliphatic carbocycles. The first-order valence-corrected chi connectivity index (χ1v) is 7.22. The minimum absolute atomic E-state index is 0.116. The van der Waals surface area contributed by atoms with E-state index in [1.54, 1.807) is 14.0 Å². The van der Waals surface area contributed by atoms with Gasteiger partial charge in [0.25, 0.3) is 5.91 Å². The van der Waals surface area contributed by atoms with Gasteiger partial charge in [-0.05, 0) is 31.5 Å². The molecule has 1 unspecified atom stereocenters. The molecule has 0 saturated carbocycles. The highest BCUT2D eigenvalue weighted by Gasteiger charge is 2.13. The Kier molecular flexibility index (Phi) is 6.95. The fourth-order valence-electron chi connectivity index (χ4n) is 1.54. The van der Waals surface area contributed by atoms with Gasteiger partial charge in [0.1, 0.15) is 0 Å². The van der Waals surface area contributed by atoms with Crippen LogP contribution < -0.4 is 5.32 Å². The second kappa shape index (κ2) is 8.22. The predicted molar refractivity (Wildman–Crippen MR) is 82.7 cm³/mol. The molecule has 1 aromatic carbocycles. The van der Waals surface area contributed by atoms with E-state index in [4.69, 9.17) is 28.3 Å². The molecular formula is C14H18Cl2N2O3. The highest BCUT2D eigenvalue weighted by atomic mass is 35.5. The van der Waals surface area contributed by atoms with Crippen molar-refractivity contribution in [2.45, 2.75) is 19.4 Å². The van der Waals surface area contributed by atoms with Crippen molar-refractivity contribution in [2.75, 3.05) is 20.1 Å². The van der Waals surface area contributed by atoms with Crippen LogP contribution in [-0.2, 0) is 4.79 Å². The Labute approximate surface area is 133 Å². The smallest absolute Gasteiger partial charge is 0.251 e. The van der Waals surface area contributed by atoms with Crippen LogP contribution in [0.1, 0.15) is 23.7 Å². The van der Waals surface area contributed by atoms with Crippen LogP contribution in [0.15, 0.2) is 18.2 Å². The van der Waals surface area contributed by atoms with E-state index in [0.29, 0.717) is 23.6 Å². The summed E-state index contributed by atoms with van der Waals surface area (Å²) < 4.78 is 0. The van der Waals surface area contributed by atoms with Crippen LogP contribution in [0.2, 0.25) is 10.0 Å². The number of nitrogens with one attached hydrogen (secondary N) is 1. The molecule has 0 aliphatic heterocycles. The molecule has 116 valence electrons. The summed E-state index contributed by atoms with van der Waals surface area (Å²) in [5.41, 5.74) is 0.337. The lowest BCUT2D eigenvalue weighted by atomic mass is 10.2. The third kappa shape index (κ3) is 5.91. The Morgan fingerprint density at radius 3 is 2.57 bits per heavy atom. The molecule has 21 heavy (non-hydrogen) atoms. The number of aliphatic hydroxyl groups is 1. The molecule has 1 aromatic rings. The molecule has 0 saturated heterocycles. The average molecular weight is 333 g/mol. The van der Waals surface area contributed by atoms with Crippen molar-refractivity contribution < 1.29 is 14.7 Å². The number of likely N-dealkylation sites (N-methyl/N-ethyl adjacent to an activating group) is 1. The van der Waals surface area contributed by atoms with Crippen LogP contribution in [0.4, 0.5) is 0 Å². The molecule has 0 aliphatic rings. The molecule has 0 radical (unpaired) electrons. The first kappa shape index (κ1) is 17.8. The molecular weight excluding hydrogens is 315 g/mol. The van der Waals surface area contributed by atoms with E-state index in [9.17, 15) is 9.59 Å². The van der Waals surface area contributed by atoms with Crippen LogP contribution in [0.5, 0.6) is 0 Å². The zero-order valence-corrected chi connectivity index (χ0v) is 13.4. The van der Waals surface area contributed by atoms with Gasteiger partial charge in [-0.15, -0.1) is 0 Å². The minimum Gasteiger partial charge on any atom is -0.393 e. The summed E-state index contributed by atoms with van der Waals surface area (Å²) in [6.45, 7) is 1.97. The van der Waals surface area contributed by atoms with Crippen molar-refractivity contribution in [2.24, 2.45) is 0 Å². The number of benzene rings is 1. The van der Waals surface area contributed by atoms with E-state index in [-0.39, 0.29) is 17.5 Å². The number of halogens is 2. The Morgan fingerprint density at radius 1 is 1.33 bits per heavy atom. The van der Waals surface area contributed by atoms with E-state index >= 15 is 0 Å². The molecule has 1 atom stereocenters. The summed E-state index contributed by atoms with van der Waals surface area (Å²) in [6, 6.07) is 4.50. The fraction of sp³-hybridized carbons (Fsp3) is 0.429. The Balaban J connectivity index is 2.48. The summed E-state index contributed by atoms with van der Waals surface area (Å²) in [7, 11) is 1.62. The first-order chi connectivity index (χ1) is 9.81. The van der Waals surface area contributed by atoms with E-state index in [1.165, 1.54) is 23.1 Å². The van der Waals surface area contributed by atoms with Crippen molar-refractivity contribution in [3.8, 4) is 0 Å². The Morgan fingerprint density at radius 2 is 2.00 bits per heavy atom. The third-order valence-electron chi connectivity index (χ3n) is 2.89. The fourth-order valence-corrected chi connectivity index (χ4v) is 1.83. The van der Waals surface area contributed by atoms with Gasteiger partial charge >= 0.3 is 0 Å². The number of carbonyl (C=O) groups is 2. The van der Waals surface area contributed by atoms with Crippen molar-refractivity contribution in [3.05, 3.63) is 33.8 Å². The molecule has 5 nitrogen and oxygen atoms in total. The van der Waals surface area contributed by atoms with Gasteiger partial charge in [-0.1, -0.05) is 23.2 Å². The molecule has 0 bridgehead atoms. The number of hydrogen-bond acceptors (Lipinski definition) is 3. The second-order valence-electron chi connectivity index (χ2n) is 4.76. The van der Waals surface area contributed by atoms with E-state index in [1.807, 2.05) is 0 Å². The van der Waals surface area contributed by atoms with Crippen LogP contribution in [-0.4, -0.2) is 48.1 Å². The molecule has 0 heterocycles. The van der Waals surface area contributed by atoms with E-state index < -0.39 is 12.0 Å². The molecule has 0 aromatic heterocycles. The lowest BCUT2D eigenvalue weighted by Crippen LogP contribution is -2.39. The topological polar surface area (TPSA) is 69.6 Å². The van der Waals surface area contributed by atoms with Crippen molar-refractivity contribution >= 4 is 35.0 Å². The lowest BCUT2D eigenvalue weighted by molar-refractivity contribution is -0.129. The summed E-state index contributed by atoms with van der Waals surface area (Å²) in [5, 5.41) is 12.3. The normalized spacial score (nSPS) is 11.9. The molecule has 2 amide bonds. The minimum atomic E-state index is -0.467. The van der Waals surface area contributed by atoms with Crippen LogP contribution in [0.25, 0.3) is 0 Å².